The van der Waals surface area contributed by atoms with Crippen molar-refractivity contribution < 1.29 is 8.78 Å². The summed E-state index contributed by atoms with van der Waals surface area (Å²) in [6.07, 6.45) is 0. The maximum absolute atomic E-state index is 14.1. The van der Waals surface area contributed by atoms with Gasteiger partial charge in [-0.1, -0.05) is 64.0 Å². The van der Waals surface area contributed by atoms with Gasteiger partial charge in [-0.25, -0.2) is 8.78 Å². The zero-order chi connectivity index (χ0) is 15.0. The molecule has 3 rings (SSSR count). The van der Waals surface area contributed by atoms with Crippen LogP contribution in [0.25, 0.3) is 10.8 Å². The quantitative estimate of drug-likeness (QED) is 0.506. The largest absolute Gasteiger partial charge is 0.207 e. The van der Waals surface area contributed by atoms with E-state index in [1.807, 2.05) is 25.1 Å². The van der Waals surface area contributed by atoms with Crippen molar-refractivity contribution in [2.24, 2.45) is 0 Å². The first-order valence-corrected chi connectivity index (χ1v) is 7.57. The van der Waals surface area contributed by atoms with Gasteiger partial charge in [0.25, 0.3) is 0 Å². The molecule has 1 atom stereocenters. The minimum Gasteiger partial charge on any atom is -0.207 e. The Morgan fingerprint density at radius 2 is 1.48 bits per heavy atom. The lowest BCUT2D eigenvalue weighted by molar-refractivity contribution is 0.613. The van der Waals surface area contributed by atoms with Crippen LogP contribution in [0.5, 0.6) is 0 Å². The Bertz CT molecular complexity index is 811. The monoisotopic (exact) mass is 346 g/mol. The smallest absolute Gasteiger partial charge is 0.131 e. The van der Waals surface area contributed by atoms with Crippen LogP contribution in [-0.2, 0) is 0 Å². The lowest BCUT2D eigenvalue weighted by Gasteiger charge is -2.15. The number of halogens is 3. The van der Waals surface area contributed by atoms with E-state index in [9.17, 15) is 8.78 Å². The molecule has 3 aromatic carbocycles. The minimum absolute atomic E-state index is 0.265. The van der Waals surface area contributed by atoms with Crippen LogP contribution in [0.15, 0.2) is 54.6 Å². The van der Waals surface area contributed by atoms with Crippen LogP contribution in [0.2, 0.25) is 0 Å². The van der Waals surface area contributed by atoms with Gasteiger partial charge in [-0.05, 0) is 30.0 Å². The van der Waals surface area contributed by atoms with E-state index in [4.69, 9.17) is 0 Å². The van der Waals surface area contributed by atoms with Crippen molar-refractivity contribution in [1.29, 1.82) is 0 Å². The van der Waals surface area contributed by atoms with Crippen molar-refractivity contribution in [3.05, 3.63) is 82.9 Å². The first-order chi connectivity index (χ1) is 10.1. The number of rotatable bonds is 2. The van der Waals surface area contributed by atoms with Gasteiger partial charge in [0.1, 0.15) is 11.6 Å². The fourth-order valence-electron chi connectivity index (χ4n) is 2.53. The first kappa shape index (κ1) is 14.2. The predicted molar refractivity (Wildman–Crippen MR) is 85.8 cm³/mol. The molecule has 0 nitrogen and oxygen atoms in total. The SMILES string of the molecule is Cc1ccc(F)c(C(Br)c2ccc(F)c3ccccc23)c1. The van der Waals surface area contributed by atoms with E-state index < -0.39 is 0 Å². The number of hydrogen-bond donors (Lipinski definition) is 0. The molecule has 0 saturated heterocycles. The highest BCUT2D eigenvalue weighted by molar-refractivity contribution is 9.09. The van der Waals surface area contributed by atoms with Crippen LogP contribution in [0, 0.1) is 18.6 Å². The van der Waals surface area contributed by atoms with Gasteiger partial charge < -0.3 is 0 Å². The van der Waals surface area contributed by atoms with Gasteiger partial charge in [0, 0.05) is 10.9 Å². The molecule has 0 bridgehead atoms. The maximum Gasteiger partial charge on any atom is 0.131 e. The minimum atomic E-state index is -0.317. The lowest BCUT2D eigenvalue weighted by Crippen LogP contribution is -1.99. The van der Waals surface area contributed by atoms with Gasteiger partial charge in [0.2, 0.25) is 0 Å². The molecule has 0 heterocycles. The second-order valence-corrected chi connectivity index (χ2v) is 5.99. The van der Waals surface area contributed by atoms with Crippen molar-refractivity contribution in [3.8, 4) is 0 Å². The second kappa shape index (κ2) is 5.57. The van der Waals surface area contributed by atoms with Crippen molar-refractivity contribution >= 4 is 26.7 Å². The Hall–Kier alpha value is -1.74. The summed E-state index contributed by atoms with van der Waals surface area (Å²) in [7, 11) is 0. The summed E-state index contributed by atoms with van der Waals surface area (Å²) in [5, 5.41) is 1.34. The van der Waals surface area contributed by atoms with Gasteiger partial charge in [-0.2, -0.15) is 0 Å². The Morgan fingerprint density at radius 1 is 0.810 bits per heavy atom. The predicted octanol–water partition coefficient (Wildman–Crippen LogP) is 5.91. The van der Waals surface area contributed by atoms with Crippen LogP contribution < -0.4 is 0 Å². The molecule has 21 heavy (non-hydrogen) atoms. The molecule has 3 aromatic rings. The third-order valence-electron chi connectivity index (χ3n) is 3.60. The molecule has 0 aliphatic heterocycles. The third kappa shape index (κ3) is 2.58. The normalized spacial score (nSPS) is 12.6. The highest BCUT2D eigenvalue weighted by atomic mass is 79.9. The molecular formula is C18H13BrF2. The van der Waals surface area contributed by atoms with E-state index >= 15 is 0 Å². The molecule has 106 valence electrons. The maximum atomic E-state index is 14.1. The highest BCUT2D eigenvalue weighted by Gasteiger charge is 2.18. The van der Waals surface area contributed by atoms with Crippen LogP contribution >= 0.6 is 15.9 Å². The van der Waals surface area contributed by atoms with E-state index in [0.29, 0.717) is 10.9 Å². The van der Waals surface area contributed by atoms with Crippen molar-refractivity contribution in [3.63, 3.8) is 0 Å². The average Bonchev–Trinajstić information content (AvgIpc) is 2.50. The molecule has 0 aliphatic rings. The van der Waals surface area contributed by atoms with Crippen LogP contribution in [0.1, 0.15) is 21.5 Å². The van der Waals surface area contributed by atoms with Crippen molar-refractivity contribution in [1.82, 2.24) is 0 Å². The summed E-state index contributed by atoms with van der Waals surface area (Å²) in [5.41, 5.74) is 2.41. The summed E-state index contributed by atoms with van der Waals surface area (Å²) in [6.45, 7) is 1.92. The molecular weight excluding hydrogens is 334 g/mol. The highest BCUT2D eigenvalue weighted by Crippen LogP contribution is 2.37. The summed E-state index contributed by atoms with van der Waals surface area (Å²) >= 11 is 3.56. The Labute approximate surface area is 130 Å². The fraction of sp³-hybridized carbons (Fsp3) is 0.111. The number of benzene rings is 3. The number of fused-ring (bicyclic) bond motifs is 1. The lowest BCUT2D eigenvalue weighted by atomic mass is 9.97. The molecule has 0 N–H and O–H groups in total. The summed E-state index contributed by atoms with van der Waals surface area (Å²) in [4.78, 5) is -0.317. The zero-order valence-corrected chi connectivity index (χ0v) is 13.0. The topological polar surface area (TPSA) is 0 Å². The average molecular weight is 347 g/mol. The molecule has 0 aromatic heterocycles. The molecule has 0 amide bonds. The summed E-state index contributed by atoms with van der Waals surface area (Å²) < 4.78 is 28.0. The molecule has 0 radical (unpaired) electrons. The summed E-state index contributed by atoms with van der Waals surface area (Å²) in [6, 6.07) is 15.4. The van der Waals surface area contributed by atoms with Gasteiger partial charge in [0.15, 0.2) is 0 Å². The molecule has 0 aliphatic carbocycles. The van der Waals surface area contributed by atoms with E-state index in [-0.39, 0.29) is 16.5 Å². The van der Waals surface area contributed by atoms with Crippen LogP contribution in [0.4, 0.5) is 8.78 Å². The Morgan fingerprint density at radius 3 is 2.24 bits per heavy atom. The summed E-state index contributed by atoms with van der Waals surface area (Å²) in [5.74, 6) is -0.533. The molecule has 0 saturated carbocycles. The van der Waals surface area contributed by atoms with E-state index in [1.165, 1.54) is 12.1 Å². The van der Waals surface area contributed by atoms with E-state index in [0.717, 1.165) is 16.5 Å². The van der Waals surface area contributed by atoms with Gasteiger partial charge >= 0.3 is 0 Å². The third-order valence-corrected chi connectivity index (χ3v) is 4.59. The second-order valence-electron chi connectivity index (χ2n) is 5.07. The van der Waals surface area contributed by atoms with E-state index in [2.05, 4.69) is 15.9 Å². The van der Waals surface area contributed by atoms with Crippen molar-refractivity contribution in [2.45, 2.75) is 11.8 Å². The molecule has 3 heteroatoms. The fourth-order valence-corrected chi connectivity index (χ4v) is 3.28. The number of alkyl halides is 1. The van der Waals surface area contributed by atoms with Gasteiger partial charge in [0.05, 0.1) is 4.83 Å². The number of aryl methyl sites for hydroxylation is 1. The molecule has 0 fully saturated rings. The van der Waals surface area contributed by atoms with Crippen molar-refractivity contribution in [2.75, 3.05) is 0 Å². The standard InChI is InChI=1S/C18H13BrF2/c1-11-6-8-17(21)15(10-11)18(19)14-7-9-16(20)13-5-3-2-4-12(13)14/h2-10,18H,1H3. The van der Waals surface area contributed by atoms with Gasteiger partial charge in [-0.15, -0.1) is 0 Å². The van der Waals surface area contributed by atoms with Gasteiger partial charge in [-0.3, -0.25) is 0 Å². The first-order valence-electron chi connectivity index (χ1n) is 6.65. The Kier molecular flexibility index (Phi) is 3.77. The molecule has 1 unspecified atom stereocenters. The van der Waals surface area contributed by atoms with Crippen LogP contribution in [0.3, 0.4) is 0 Å². The van der Waals surface area contributed by atoms with Crippen LogP contribution in [-0.4, -0.2) is 0 Å². The molecule has 0 spiro atoms. The zero-order valence-electron chi connectivity index (χ0n) is 11.4. The number of hydrogen-bond acceptors (Lipinski definition) is 0. The Balaban J connectivity index is 2.20. The van der Waals surface area contributed by atoms with E-state index in [1.54, 1.807) is 24.3 Å².